The number of fused-ring (bicyclic) bond motifs is 1. The maximum Gasteiger partial charge on any atom is 0.167 e. The van der Waals surface area contributed by atoms with Gasteiger partial charge < -0.3 is 10.2 Å². The second-order valence-corrected chi connectivity index (χ2v) is 4.47. The molecular weight excluding hydrogens is 250 g/mol. The van der Waals surface area contributed by atoms with Gasteiger partial charge in [0.05, 0.1) is 5.69 Å². The Morgan fingerprint density at radius 1 is 0.850 bits per heavy atom. The predicted octanol–water partition coefficient (Wildman–Crippen LogP) is 4.00. The van der Waals surface area contributed by atoms with Crippen molar-refractivity contribution in [2.24, 2.45) is 4.99 Å². The van der Waals surface area contributed by atoms with Gasteiger partial charge in [-0.25, -0.2) is 0 Å². The molecule has 0 aromatic heterocycles. The fourth-order valence-electron chi connectivity index (χ4n) is 2.13. The lowest BCUT2D eigenvalue weighted by molar-refractivity contribution is 0.404. The third-order valence-corrected chi connectivity index (χ3v) is 3.14. The van der Waals surface area contributed by atoms with Crippen LogP contribution in [0.1, 0.15) is 5.56 Å². The van der Waals surface area contributed by atoms with E-state index in [1.165, 1.54) is 0 Å². The zero-order chi connectivity index (χ0) is 13.9. The number of benzene rings is 3. The Balaban J connectivity index is 2.15. The zero-order valence-corrected chi connectivity index (χ0v) is 10.7. The van der Waals surface area contributed by atoms with Gasteiger partial charge in [0.15, 0.2) is 11.5 Å². The Kier molecular flexibility index (Phi) is 3.09. The third kappa shape index (κ3) is 2.21. The Morgan fingerprint density at radius 3 is 2.35 bits per heavy atom. The summed E-state index contributed by atoms with van der Waals surface area (Å²) in [6.45, 7) is 0. The minimum atomic E-state index is -0.150. The van der Waals surface area contributed by atoms with Gasteiger partial charge in [-0.05, 0) is 29.0 Å². The van der Waals surface area contributed by atoms with Crippen LogP contribution in [0.4, 0.5) is 5.69 Å². The van der Waals surface area contributed by atoms with Crippen molar-refractivity contribution in [2.75, 3.05) is 0 Å². The number of aliphatic imine (C=N–C) groups is 1. The van der Waals surface area contributed by atoms with Crippen molar-refractivity contribution in [3.8, 4) is 11.5 Å². The Labute approximate surface area is 116 Å². The molecule has 0 amide bonds. The number of para-hydroxylation sites is 1. The van der Waals surface area contributed by atoms with Gasteiger partial charge in [-0.1, -0.05) is 42.5 Å². The van der Waals surface area contributed by atoms with Crippen LogP contribution in [0, 0.1) is 0 Å². The molecule has 0 bridgehead atoms. The minimum absolute atomic E-state index is 0.141. The van der Waals surface area contributed by atoms with Gasteiger partial charge in [-0.3, -0.25) is 4.99 Å². The van der Waals surface area contributed by atoms with E-state index >= 15 is 0 Å². The Hall–Kier alpha value is -2.81. The molecule has 0 unspecified atom stereocenters. The van der Waals surface area contributed by atoms with E-state index in [-0.39, 0.29) is 11.5 Å². The Bertz CT molecular complexity index is 780. The number of phenolic OH excluding ortho intramolecular Hbond substituents is 2. The van der Waals surface area contributed by atoms with Crippen LogP contribution >= 0.6 is 0 Å². The Morgan fingerprint density at radius 2 is 1.55 bits per heavy atom. The average Bonchev–Trinajstić information content (AvgIpc) is 2.49. The molecule has 3 aromatic rings. The summed E-state index contributed by atoms with van der Waals surface area (Å²) < 4.78 is 0. The molecule has 3 heteroatoms. The highest BCUT2D eigenvalue weighted by atomic mass is 16.3. The first kappa shape index (κ1) is 12.2. The van der Waals surface area contributed by atoms with Crippen LogP contribution in [-0.2, 0) is 0 Å². The second kappa shape index (κ2) is 5.05. The monoisotopic (exact) mass is 263 g/mol. The molecule has 20 heavy (non-hydrogen) atoms. The topological polar surface area (TPSA) is 52.8 Å². The van der Waals surface area contributed by atoms with E-state index in [1.54, 1.807) is 12.3 Å². The fraction of sp³-hybridized carbons (Fsp3) is 0. The molecule has 0 aliphatic carbocycles. The van der Waals surface area contributed by atoms with E-state index < -0.39 is 0 Å². The second-order valence-electron chi connectivity index (χ2n) is 4.47. The molecule has 0 fully saturated rings. The van der Waals surface area contributed by atoms with E-state index in [2.05, 4.69) is 4.99 Å². The van der Waals surface area contributed by atoms with Crippen molar-refractivity contribution in [3.63, 3.8) is 0 Å². The first-order valence-corrected chi connectivity index (χ1v) is 6.28. The SMILES string of the molecule is Oc1cc2ccccc2c(/C=N/c2ccccc2)c1O. The highest BCUT2D eigenvalue weighted by molar-refractivity contribution is 6.04. The van der Waals surface area contributed by atoms with Crippen LogP contribution in [-0.4, -0.2) is 16.4 Å². The lowest BCUT2D eigenvalue weighted by Crippen LogP contribution is -1.86. The van der Waals surface area contributed by atoms with E-state index in [0.29, 0.717) is 5.56 Å². The highest BCUT2D eigenvalue weighted by Gasteiger charge is 2.09. The minimum Gasteiger partial charge on any atom is -0.504 e. The van der Waals surface area contributed by atoms with Crippen molar-refractivity contribution in [3.05, 3.63) is 66.2 Å². The third-order valence-electron chi connectivity index (χ3n) is 3.14. The van der Waals surface area contributed by atoms with Gasteiger partial charge in [0.2, 0.25) is 0 Å². The molecule has 3 nitrogen and oxygen atoms in total. The summed E-state index contributed by atoms with van der Waals surface area (Å²) in [7, 11) is 0. The van der Waals surface area contributed by atoms with Gasteiger partial charge in [0.1, 0.15) is 0 Å². The summed E-state index contributed by atoms with van der Waals surface area (Å²) in [6.07, 6.45) is 1.58. The molecule has 0 spiro atoms. The summed E-state index contributed by atoms with van der Waals surface area (Å²) in [5, 5.41) is 21.5. The molecule has 2 N–H and O–H groups in total. The maximum atomic E-state index is 10.0. The van der Waals surface area contributed by atoms with Crippen LogP contribution in [0.3, 0.4) is 0 Å². The van der Waals surface area contributed by atoms with E-state index in [1.807, 2.05) is 54.6 Å². The van der Waals surface area contributed by atoms with Gasteiger partial charge in [0, 0.05) is 11.8 Å². The van der Waals surface area contributed by atoms with Gasteiger partial charge >= 0.3 is 0 Å². The van der Waals surface area contributed by atoms with Crippen molar-refractivity contribution in [1.82, 2.24) is 0 Å². The molecule has 0 saturated carbocycles. The number of rotatable bonds is 2. The molecule has 0 aliphatic heterocycles. The summed E-state index contributed by atoms with van der Waals surface area (Å²) >= 11 is 0. The van der Waals surface area contributed by atoms with E-state index in [0.717, 1.165) is 16.5 Å². The van der Waals surface area contributed by atoms with E-state index in [4.69, 9.17) is 0 Å². The fourth-order valence-corrected chi connectivity index (χ4v) is 2.13. The molecule has 3 rings (SSSR count). The maximum absolute atomic E-state index is 10.0. The van der Waals surface area contributed by atoms with Gasteiger partial charge in [0.25, 0.3) is 0 Å². The molecular formula is C17H13NO2. The summed E-state index contributed by atoms with van der Waals surface area (Å²) in [4.78, 5) is 4.33. The predicted molar refractivity (Wildman–Crippen MR) is 81.0 cm³/mol. The molecule has 3 aromatic carbocycles. The quantitative estimate of drug-likeness (QED) is 0.542. The molecule has 0 atom stereocenters. The van der Waals surface area contributed by atoms with Crippen molar-refractivity contribution >= 4 is 22.7 Å². The average molecular weight is 263 g/mol. The standard InChI is InChI=1S/C17H13NO2/c19-16-10-12-6-4-5-9-14(12)15(17(16)20)11-18-13-7-2-1-3-8-13/h1-11,19-20H/b18-11+. The summed E-state index contributed by atoms with van der Waals surface area (Å²) in [6, 6.07) is 18.5. The number of hydrogen-bond donors (Lipinski definition) is 2. The summed E-state index contributed by atoms with van der Waals surface area (Å²) in [5.74, 6) is -0.290. The summed E-state index contributed by atoms with van der Waals surface area (Å²) in [5.41, 5.74) is 1.31. The van der Waals surface area contributed by atoms with Gasteiger partial charge in [-0.2, -0.15) is 0 Å². The molecule has 0 aliphatic rings. The number of phenols is 2. The van der Waals surface area contributed by atoms with Gasteiger partial charge in [-0.15, -0.1) is 0 Å². The van der Waals surface area contributed by atoms with Crippen LogP contribution in [0.15, 0.2) is 65.7 Å². The molecule has 98 valence electrons. The highest BCUT2D eigenvalue weighted by Crippen LogP contribution is 2.34. The van der Waals surface area contributed by atoms with Crippen LogP contribution in [0.5, 0.6) is 11.5 Å². The van der Waals surface area contributed by atoms with Crippen LogP contribution < -0.4 is 0 Å². The normalized spacial score (nSPS) is 11.2. The first-order chi connectivity index (χ1) is 9.75. The molecule has 0 heterocycles. The molecule has 0 saturated heterocycles. The smallest absolute Gasteiger partial charge is 0.167 e. The van der Waals surface area contributed by atoms with Crippen LogP contribution in [0.25, 0.3) is 10.8 Å². The number of hydrogen-bond acceptors (Lipinski definition) is 3. The van der Waals surface area contributed by atoms with Crippen molar-refractivity contribution in [1.29, 1.82) is 0 Å². The number of aromatic hydroxyl groups is 2. The van der Waals surface area contributed by atoms with E-state index in [9.17, 15) is 10.2 Å². The zero-order valence-electron chi connectivity index (χ0n) is 10.7. The van der Waals surface area contributed by atoms with Crippen molar-refractivity contribution < 1.29 is 10.2 Å². The first-order valence-electron chi connectivity index (χ1n) is 6.28. The largest absolute Gasteiger partial charge is 0.504 e. The lowest BCUT2D eigenvalue weighted by Gasteiger charge is -2.07. The van der Waals surface area contributed by atoms with Crippen molar-refractivity contribution in [2.45, 2.75) is 0 Å². The van der Waals surface area contributed by atoms with Crippen LogP contribution in [0.2, 0.25) is 0 Å². The number of nitrogens with zero attached hydrogens (tertiary/aromatic N) is 1. The molecule has 0 radical (unpaired) electrons. The lowest BCUT2D eigenvalue weighted by atomic mass is 10.0.